The quantitative estimate of drug-likeness (QED) is 0.684. The van der Waals surface area contributed by atoms with E-state index in [4.69, 9.17) is 4.74 Å². The summed E-state index contributed by atoms with van der Waals surface area (Å²) in [6, 6.07) is 0.0761. The van der Waals surface area contributed by atoms with Crippen molar-refractivity contribution >= 4 is 5.78 Å². The van der Waals surface area contributed by atoms with Crippen LogP contribution in [-0.4, -0.2) is 43.0 Å². The number of hydrogen-bond acceptors (Lipinski definition) is 3. The number of hydrogen-bond donors (Lipinski definition) is 0. The fraction of sp³-hybridized carbons (Fsp3) is 0.909. The Labute approximate surface area is 86.4 Å². The van der Waals surface area contributed by atoms with Crippen LogP contribution in [0.15, 0.2) is 0 Å². The molecule has 3 nitrogen and oxygen atoms in total. The lowest BCUT2D eigenvalue weighted by molar-refractivity contribution is -0.120. The summed E-state index contributed by atoms with van der Waals surface area (Å²) >= 11 is 0. The molecule has 0 spiro atoms. The Hall–Kier alpha value is -0.410. The summed E-state index contributed by atoms with van der Waals surface area (Å²) in [6.45, 7) is 7.62. The van der Waals surface area contributed by atoms with Gasteiger partial charge in [-0.05, 0) is 26.3 Å². The van der Waals surface area contributed by atoms with Crippen molar-refractivity contribution in [3.05, 3.63) is 0 Å². The number of carbonyl (C=O) groups is 1. The van der Waals surface area contributed by atoms with E-state index in [-0.39, 0.29) is 17.9 Å². The lowest BCUT2D eigenvalue weighted by atomic mass is 10.1. The maximum Gasteiger partial charge on any atom is 0.146 e. The van der Waals surface area contributed by atoms with Crippen molar-refractivity contribution < 1.29 is 9.53 Å². The highest BCUT2D eigenvalue weighted by Crippen LogP contribution is 2.19. The summed E-state index contributed by atoms with van der Waals surface area (Å²) in [5.41, 5.74) is 0. The molecule has 1 aliphatic rings. The van der Waals surface area contributed by atoms with Gasteiger partial charge in [-0.2, -0.15) is 0 Å². The van der Waals surface area contributed by atoms with Gasteiger partial charge in [0.1, 0.15) is 5.78 Å². The van der Waals surface area contributed by atoms with Gasteiger partial charge in [-0.3, -0.25) is 9.69 Å². The maximum atomic E-state index is 11.2. The molecule has 1 rings (SSSR count). The number of ether oxygens (including phenoxy) is 1. The molecule has 0 amide bonds. The molecule has 3 heteroatoms. The Bertz CT molecular complexity index is 203. The van der Waals surface area contributed by atoms with Gasteiger partial charge in [0.25, 0.3) is 0 Å². The highest BCUT2D eigenvalue weighted by atomic mass is 16.5. The van der Waals surface area contributed by atoms with Crippen LogP contribution in [0.3, 0.4) is 0 Å². The first-order chi connectivity index (χ1) is 6.50. The molecule has 0 aromatic heterocycles. The van der Waals surface area contributed by atoms with Crippen molar-refractivity contribution in [1.82, 2.24) is 4.90 Å². The molecular weight excluding hydrogens is 178 g/mol. The standard InChI is InChI=1S/C11H21NO2/c1-8(2)7-14-10-5-11(9(3)13)12(4)6-10/h8,10-11H,5-7H2,1-4H3. The number of nitrogens with zero attached hydrogens (tertiary/aromatic N) is 1. The molecule has 0 radical (unpaired) electrons. The molecule has 82 valence electrons. The zero-order valence-corrected chi connectivity index (χ0v) is 9.62. The minimum absolute atomic E-state index is 0.0761. The van der Waals surface area contributed by atoms with Crippen LogP contribution >= 0.6 is 0 Å². The van der Waals surface area contributed by atoms with E-state index in [9.17, 15) is 4.79 Å². The van der Waals surface area contributed by atoms with Gasteiger partial charge in [0, 0.05) is 13.2 Å². The summed E-state index contributed by atoms with van der Waals surface area (Å²) in [4.78, 5) is 13.3. The number of Topliss-reactive ketones (excluding diaryl/α,β-unsaturated/α-hetero) is 1. The minimum atomic E-state index is 0.0761. The Kier molecular flexibility index (Phi) is 4.08. The zero-order chi connectivity index (χ0) is 10.7. The first-order valence-corrected chi connectivity index (χ1v) is 5.33. The highest BCUT2D eigenvalue weighted by Gasteiger charge is 2.32. The summed E-state index contributed by atoms with van der Waals surface area (Å²) in [6.07, 6.45) is 1.11. The first kappa shape index (κ1) is 11.7. The second-order valence-electron chi connectivity index (χ2n) is 4.65. The molecule has 0 aromatic rings. The van der Waals surface area contributed by atoms with Gasteiger partial charge in [0.2, 0.25) is 0 Å². The number of rotatable bonds is 4. The summed E-state index contributed by atoms with van der Waals surface area (Å²) < 4.78 is 5.72. The average Bonchev–Trinajstić information content (AvgIpc) is 2.43. The molecule has 1 heterocycles. The molecular formula is C11H21NO2. The van der Waals surface area contributed by atoms with Crippen molar-refractivity contribution in [2.75, 3.05) is 20.2 Å². The lowest BCUT2D eigenvalue weighted by Crippen LogP contribution is -2.31. The van der Waals surface area contributed by atoms with E-state index in [1.807, 2.05) is 7.05 Å². The molecule has 2 unspecified atom stereocenters. The molecule has 0 aromatic carbocycles. The van der Waals surface area contributed by atoms with E-state index in [0.29, 0.717) is 5.92 Å². The molecule has 0 saturated carbocycles. The van der Waals surface area contributed by atoms with Crippen LogP contribution in [0, 0.1) is 5.92 Å². The van der Waals surface area contributed by atoms with Crippen LogP contribution in [0.1, 0.15) is 27.2 Å². The monoisotopic (exact) mass is 199 g/mol. The SMILES string of the molecule is CC(=O)C1CC(OCC(C)C)CN1C. The third-order valence-corrected chi connectivity index (χ3v) is 2.64. The predicted octanol–water partition coefficient (Wildman–Crippen LogP) is 1.32. The van der Waals surface area contributed by atoms with E-state index < -0.39 is 0 Å². The van der Waals surface area contributed by atoms with Gasteiger partial charge >= 0.3 is 0 Å². The van der Waals surface area contributed by atoms with E-state index in [0.717, 1.165) is 19.6 Å². The van der Waals surface area contributed by atoms with Crippen LogP contribution in [0.4, 0.5) is 0 Å². The van der Waals surface area contributed by atoms with Crippen LogP contribution in [-0.2, 0) is 9.53 Å². The average molecular weight is 199 g/mol. The Balaban J connectivity index is 2.35. The largest absolute Gasteiger partial charge is 0.377 e. The second kappa shape index (κ2) is 4.89. The van der Waals surface area contributed by atoms with Crippen molar-refractivity contribution in [2.45, 2.75) is 39.3 Å². The fourth-order valence-corrected chi connectivity index (χ4v) is 1.88. The van der Waals surface area contributed by atoms with Gasteiger partial charge in [0.15, 0.2) is 0 Å². The number of likely N-dealkylation sites (tertiary alicyclic amines) is 1. The van der Waals surface area contributed by atoms with Gasteiger partial charge < -0.3 is 4.74 Å². The lowest BCUT2D eigenvalue weighted by Gasteiger charge is -2.14. The van der Waals surface area contributed by atoms with Crippen molar-refractivity contribution in [2.24, 2.45) is 5.92 Å². The minimum Gasteiger partial charge on any atom is -0.377 e. The molecule has 2 atom stereocenters. The molecule has 0 bridgehead atoms. The normalized spacial score (nSPS) is 28.6. The van der Waals surface area contributed by atoms with Crippen molar-refractivity contribution in [1.29, 1.82) is 0 Å². The van der Waals surface area contributed by atoms with E-state index in [1.54, 1.807) is 6.92 Å². The van der Waals surface area contributed by atoms with Crippen LogP contribution in [0.25, 0.3) is 0 Å². The Morgan fingerprint density at radius 3 is 2.64 bits per heavy atom. The van der Waals surface area contributed by atoms with Gasteiger partial charge in [-0.15, -0.1) is 0 Å². The summed E-state index contributed by atoms with van der Waals surface area (Å²) in [7, 11) is 1.99. The van der Waals surface area contributed by atoms with E-state index in [2.05, 4.69) is 18.7 Å². The fourth-order valence-electron chi connectivity index (χ4n) is 1.88. The van der Waals surface area contributed by atoms with Crippen LogP contribution in [0.5, 0.6) is 0 Å². The molecule has 0 N–H and O–H groups in total. The first-order valence-electron chi connectivity index (χ1n) is 5.33. The van der Waals surface area contributed by atoms with Gasteiger partial charge in [-0.25, -0.2) is 0 Å². The highest BCUT2D eigenvalue weighted by molar-refractivity contribution is 5.81. The van der Waals surface area contributed by atoms with Gasteiger partial charge in [0.05, 0.1) is 12.1 Å². The zero-order valence-electron chi connectivity index (χ0n) is 9.62. The molecule has 1 aliphatic heterocycles. The Morgan fingerprint density at radius 1 is 1.57 bits per heavy atom. The smallest absolute Gasteiger partial charge is 0.146 e. The van der Waals surface area contributed by atoms with Gasteiger partial charge in [-0.1, -0.05) is 13.8 Å². The molecule has 1 fully saturated rings. The van der Waals surface area contributed by atoms with Crippen molar-refractivity contribution in [3.8, 4) is 0 Å². The predicted molar refractivity (Wildman–Crippen MR) is 56.3 cm³/mol. The molecule has 14 heavy (non-hydrogen) atoms. The maximum absolute atomic E-state index is 11.2. The van der Waals surface area contributed by atoms with Crippen molar-refractivity contribution in [3.63, 3.8) is 0 Å². The van der Waals surface area contributed by atoms with Crippen LogP contribution < -0.4 is 0 Å². The summed E-state index contributed by atoms with van der Waals surface area (Å²) in [5, 5.41) is 0. The molecule has 0 aliphatic carbocycles. The van der Waals surface area contributed by atoms with E-state index in [1.165, 1.54) is 0 Å². The topological polar surface area (TPSA) is 29.5 Å². The number of ketones is 1. The summed E-state index contributed by atoms with van der Waals surface area (Å²) in [5.74, 6) is 0.819. The molecule has 1 saturated heterocycles. The third-order valence-electron chi connectivity index (χ3n) is 2.64. The third kappa shape index (κ3) is 3.07. The van der Waals surface area contributed by atoms with Crippen LogP contribution in [0.2, 0.25) is 0 Å². The Morgan fingerprint density at radius 2 is 2.21 bits per heavy atom. The number of likely N-dealkylation sites (N-methyl/N-ethyl adjacent to an activating group) is 1. The number of carbonyl (C=O) groups excluding carboxylic acids is 1. The van der Waals surface area contributed by atoms with E-state index >= 15 is 0 Å². The second-order valence-corrected chi connectivity index (χ2v) is 4.65.